The van der Waals surface area contributed by atoms with Crippen LogP contribution in [0.5, 0.6) is 5.75 Å². The Balaban J connectivity index is 1.73. The predicted molar refractivity (Wildman–Crippen MR) is 88.5 cm³/mol. The maximum Gasteiger partial charge on any atom is 0.119 e. The van der Waals surface area contributed by atoms with Crippen molar-refractivity contribution in [3.05, 3.63) is 52.2 Å². The van der Waals surface area contributed by atoms with Gasteiger partial charge in [0.05, 0.1) is 6.54 Å². The summed E-state index contributed by atoms with van der Waals surface area (Å²) < 4.78 is 5.74. The van der Waals surface area contributed by atoms with Crippen LogP contribution in [0.1, 0.15) is 11.1 Å². The lowest BCUT2D eigenvalue weighted by atomic mass is 10.2. The molecular weight excluding hydrogens is 280 g/mol. The van der Waals surface area contributed by atoms with Gasteiger partial charge >= 0.3 is 0 Å². The molecule has 0 aliphatic carbocycles. The Morgan fingerprint density at radius 1 is 1.24 bits per heavy atom. The first-order chi connectivity index (χ1) is 10.3. The highest BCUT2D eigenvalue weighted by Gasteiger charge is 2.01. The van der Waals surface area contributed by atoms with Gasteiger partial charge in [-0.05, 0) is 53.7 Å². The van der Waals surface area contributed by atoms with E-state index in [4.69, 9.17) is 10.5 Å². The molecule has 0 aliphatic rings. The third kappa shape index (κ3) is 5.60. The normalized spacial score (nSPS) is 10.2. The molecule has 0 spiro atoms. The van der Waals surface area contributed by atoms with Gasteiger partial charge in [0, 0.05) is 18.7 Å². The first-order valence-corrected chi connectivity index (χ1v) is 7.83. The molecule has 1 aromatic carbocycles. The van der Waals surface area contributed by atoms with Gasteiger partial charge in [-0.15, -0.1) is 0 Å². The molecule has 1 aromatic heterocycles. The molecule has 0 atom stereocenters. The van der Waals surface area contributed by atoms with Crippen LogP contribution in [0, 0.1) is 11.8 Å². The highest BCUT2D eigenvalue weighted by atomic mass is 32.1. The molecule has 0 radical (unpaired) electrons. The zero-order valence-corrected chi connectivity index (χ0v) is 13.0. The summed E-state index contributed by atoms with van der Waals surface area (Å²) in [7, 11) is 2.10. The number of hydrogen-bond donors (Lipinski definition) is 1. The summed E-state index contributed by atoms with van der Waals surface area (Å²) >= 11 is 1.73. The van der Waals surface area contributed by atoms with Crippen molar-refractivity contribution in [2.24, 2.45) is 5.73 Å². The topological polar surface area (TPSA) is 38.5 Å². The number of rotatable bonds is 6. The average Bonchev–Trinajstić information content (AvgIpc) is 2.99. The van der Waals surface area contributed by atoms with Gasteiger partial charge in [0.25, 0.3) is 0 Å². The number of likely N-dealkylation sites (N-methyl/N-ethyl adjacent to an activating group) is 1. The Hall–Kier alpha value is -1.80. The number of benzene rings is 1. The van der Waals surface area contributed by atoms with Crippen LogP contribution in [-0.4, -0.2) is 31.6 Å². The van der Waals surface area contributed by atoms with Gasteiger partial charge in [-0.3, -0.25) is 4.90 Å². The van der Waals surface area contributed by atoms with Crippen molar-refractivity contribution < 1.29 is 4.74 Å². The SMILES string of the molecule is CN(CCOc1ccc(C#CCN)cc1)Cc1ccsc1. The molecule has 0 fully saturated rings. The van der Waals surface area contributed by atoms with Gasteiger partial charge in [0.15, 0.2) is 0 Å². The van der Waals surface area contributed by atoms with Crippen molar-refractivity contribution in [3.63, 3.8) is 0 Å². The first kappa shape index (κ1) is 15.6. The molecule has 3 nitrogen and oxygen atoms in total. The molecular formula is C17H20N2OS. The number of hydrogen-bond acceptors (Lipinski definition) is 4. The maximum absolute atomic E-state index is 5.74. The summed E-state index contributed by atoms with van der Waals surface area (Å²) in [4.78, 5) is 2.25. The Bertz CT molecular complexity index is 581. The van der Waals surface area contributed by atoms with Crippen LogP contribution >= 0.6 is 11.3 Å². The zero-order valence-electron chi connectivity index (χ0n) is 12.2. The summed E-state index contributed by atoms with van der Waals surface area (Å²) in [6, 6.07) is 9.95. The minimum absolute atomic E-state index is 0.384. The van der Waals surface area contributed by atoms with Crippen molar-refractivity contribution in [2.75, 3.05) is 26.7 Å². The van der Waals surface area contributed by atoms with Crippen molar-refractivity contribution >= 4 is 11.3 Å². The fourth-order valence-corrected chi connectivity index (χ4v) is 2.54. The Labute approximate surface area is 130 Å². The van der Waals surface area contributed by atoms with Crippen molar-refractivity contribution in [1.82, 2.24) is 4.90 Å². The fraction of sp³-hybridized carbons (Fsp3) is 0.294. The minimum atomic E-state index is 0.384. The van der Waals surface area contributed by atoms with Gasteiger partial charge in [0.2, 0.25) is 0 Å². The number of thiophene rings is 1. The maximum atomic E-state index is 5.74. The van der Waals surface area contributed by atoms with E-state index in [0.717, 1.165) is 24.4 Å². The highest BCUT2D eigenvalue weighted by molar-refractivity contribution is 7.07. The highest BCUT2D eigenvalue weighted by Crippen LogP contribution is 2.12. The summed E-state index contributed by atoms with van der Waals surface area (Å²) in [5, 5.41) is 4.28. The van der Waals surface area contributed by atoms with Crippen molar-refractivity contribution in [2.45, 2.75) is 6.54 Å². The minimum Gasteiger partial charge on any atom is -0.492 e. The zero-order chi connectivity index (χ0) is 14.9. The third-order valence-corrected chi connectivity index (χ3v) is 3.70. The van der Waals surface area contributed by atoms with E-state index in [2.05, 4.69) is 40.6 Å². The quantitative estimate of drug-likeness (QED) is 0.833. The molecule has 0 amide bonds. The van der Waals surface area contributed by atoms with Gasteiger partial charge in [-0.1, -0.05) is 11.8 Å². The molecule has 1 heterocycles. The lowest BCUT2D eigenvalue weighted by molar-refractivity contribution is 0.233. The van der Waals surface area contributed by atoms with Crippen molar-refractivity contribution in [3.8, 4) is 17.6 Å². The summed E-state index contributed by atoms with van der Waals surface area (Å²) in [5.74, 6) is 6.70. The monoisotopic (exact) mass is 300 g/mol. The van der Waals surface area contributed by atoms with E-state index in [-0.39, 0.29) is 0 Å². The second-order valence-corrected chi connectivity index (χ2v) is 5.53. The smallest absolute Gasteiger partial charge is 0.119 e. The van der Waals surface area contributed by atoms with Crippen LogP contribution in [0.4, 0.5) is 0 Å². The van der Waals surface area contributed by atoms with E-state index in [1.165, 1.54) is 5.56 Å². The van der Waals surface area contributed by atoms with Gasteiger partial charge in [0.1, 0.15) is 12.4 Å². The molecule has 0 unspecified atom stereocenters. The lowest BCUT2D eigenvalue weighted by Crippen LogP contribution is -2.23. The molecule has 21 heavy (non-hydrogen) atoms. The predicted octanol–water partition coefficient (Wildman–Crippen LogP) is 2.57. The van der Waals surface area contributed by atoms with Crippen LogP contribution < -0.4 is 10.5 Å². The molecule has 0 bridgehead atoms. The molecule has 110 valence electrons. The molecule has 2 N–H and O–H groups in total. The van der Waals surface area contributed by atoms with Crippen LogP contribution in [0.15, 0.2) is 41.1 Å². The second-order valence-electron chi connectivity index (χ2n) is 4.75. The number of nitrogens with zero attached hydrogens (tertiary/aromatic N) is 1. The summed E-state index contributed by atoms with van der Waals surface area (Å²) in [5.41, 5.74) is 7.66. The van der Waals surface area contributed by atoms with Crippen LogP contribution in [0.2, 0.25) is 0 Å². The Kier molecular flexibility index (Phi) is 6.29. The average molecular weight is 300 g/mol. The van der Waals surface area contributed by atoms with E-state index in [0.29, 0.717) is 13.2 Å². The molecule has 0 aliphatic heterocycles. The largest absolute Gasteiger partial charge is 0.492 e. The summed E-state index contributed by atoms with van der Waals surface area (Å²) in [6.45, 7) is 2.91. The fourth-order valence-electron chi connectivity index (χ4n) is 1.88. The van der Waals surface area contributed by atoms with E-state index in [1.807, 2.05) is 24.3 Å². The van der Waals surface area contributed by atoms with E-state index in [1.54, 1.807) is 11.3 Å². The molecule has 2 rings (SSSR count). The second kappa shape index (κ2) is 8.48. The van der Waals surface area contributed by atoms with Crippen LogP contribution in [-0.2, 0) is 6.54 Å². The van der Waals surface area contributed by atoms with Crippen molar-refractivity contribution in [1.29, 1.82) is 0 Å². The molecule has 2 aromatic rings. The number of ether oxygens (including phenoxy) is 1. The van der Waals surface area contributed by atoms with E-state index >= 15 is 0 Å². The Morgan fingerprint density at radius 3 is 2.71 bits per heavy atom. The van der Waals surface area contributed by atoms with Crippen LogP contribution in [0.25, 0.3) is 0 Å². The van der Waals surface area contributed by atoms with Crippen LogP contribution in [0.3, 0.4) is 0 Å². The number of nitrogens with two attached hydrogens (primary N) is 1. The molecule has 0 saturated heterocycles. The van der Waals surface area contributed by atoms with Gasteiger partial charge in [-0.25, -0.2) is 0 Å². The Morgan fingerprint density at radius 2 is 2.05 bits per heavy atom. The van der Waals surface area contributed by atoms with Gasteiger partial charge < -0.3 is 10.5 Å². The van der Waals surface area contributed by atoms with E-state index < -0.39 is 0 Å². The third-order valence-electron chi connectivity index (χ3n) is 2.96. The first-order valence-electron chi connectivity index (χ1n) is 6.89. The molecule has 4 heteroatoms. The standard InChI is InChI=1S/C17H20N2OS/c1-19(13-16-8-12-21-14-16)10-11-20-17-6-4-15(5-7-17)3-2-9-18/h4-8,12,14H,9-11,13,18H2,1H3. The van der Waals surface area contributed by atoms with E-state index in [9.17, 15) is 0 Å². The van der Waals surface area contributed by atoms with Gasteiger partial charge in [-0.2, -0.15) is 11.3 Å². The molecule has 0 saturated carbocycles. The summed E-state index contributed by atoms with van der Waals surface area (Å²) in [6.07, 6.45) is 0. The lowest BCUT2D eigenvalue weighted by Gasteiger charge is -2.16.